The summed E-state index contributed by atoms with van der Waals surface area (Å²) >= 11 is 0. The summed E-state index contributed by atoms with van der Waals surface area (Å²) in [5.74, 6) is -1.17. The molecule has 1 N–H and O–H groups in total. The molecule has 3 fully saturated rings. The van der Waals surface area contributed by atoms with Gasteiger partial charge in [-0.15, -0.1) is 0 Å². The minimum atomic E-state index is -2.39. The largest absolute Gasteiger partial charge is 0.353 e. The first-order chi connectivity index (χ1) is 15.3. The van der Waals surface area contributed by atoms with Gasteiger partial charge >= 0.3 is 0 Å². The van der Waals surface area contributed by atoms with E-state index in [0.29, 0.717) is 30.1 Å². The van der Waals surface area contributed by atoms with Gasteiger partial charge in [-0.25, -0.2) is 0 Å². The Bertz CT molecular complexity index is 1020. The average Bonchev–Trinajstić information content (AvgIpc) is 3.21. The van der Waals surface area contributed by atoms with Crippen LogP contribution < -0.4 is 0 Å². The number of benzene rings is 1. The number of carbonyl (C=O) groups excluding carboxylic acids is 3. The fraction of sp³-hybridized carbons (Fsp3) is 0.593. The van der Waals surface area contributed by atoms with E-state index in [-0.39, 0.29) is 28.4 Å². The van der Waals surface area contributed by atoms with Gasteiger partial charge < -0.3 is 9.84 Å². The number of rotatable bonds is 2. The molecule has 5 aliphatic carbocycles. The zero-order valence-corrected chi connectivity index (χ0v) is 18.5. The van der Waals surface area contributed by atoms with E-state index in [1.54, 1.807) is 24.3 Å². The van der Waals surface area contributed by atoms with Gasteiger partial charge in [0, 0.05) is 17.5 Å². The molecular formula is C27H30O5. The molecule has 0 aliphatic heterocycles. The molecule has 1 aromatic carbocycles. The summed E-state index contributed by atoms with van der Waals surface area (Å²) in [5.41, 5.74) is 1.72. The van der Waals surface area contributed by atoms with Gasteiger partial charge in [0.25, 0.3) is 5.79 Å². The van der Waals surface area contributed by atoms with Crippen LogP contribution in [0.1, 0.15) is 79.0 Å². The van der Waals surface area contributed by atoms with Crippen LogP contribution in [0.2, 0.25) is 0 Å². The number of Topliss-reactive ketones (excluding diaryl/α,β-unsaturated/α-hetero) is 2. The normalized spacial score (nSPS) is 39.8. The molecule has 0 aromatic heterocycles. The number of allylic oxidation sites excluding steroid dienone is 1. The highest BCUT2D eigenvalue weighted by atomic mass is 16.6. The Morgan fingerprint density at radius 2 is 1.62 bits per heavy atom. The third kappa shape index (κ3) is 2.67. The maximum absolute atomic E-state index is 13.0. The lowest BCUT2D eigenvalue weighted by Crippen LogP contribution is -2.53. The van der Waals surface area contributed by atoms with Gasteiger partial charge in [0.15, 0.2) is 5.78 Å². The van der Waals surface area contributed by atoms with Crippen LogP contribution in [0, 0.1) is 29.1 Å². The molecular weight excluding hydrogens is 404 g/mol. The maximum Gasteiger partial charge on any atom is 0.297 e. The van der Waals surface area contributed by atoms with Crippen molar-refractivity contribution in [3.05, 3.63) is 47.0 Å². The number of ether oxygens (including phenoxy) is 1. The lowest BCUT2D eigenvalue weighted by atomic mass is 9.52. The lowest BCUT2D eigenvalue weighted by molar-refractivity contribution is -0.194. The topological polar surface area (TPSA) is 80.7 Å². The highest BCUT2D eigenvalue weighted by Gasteiger charge is 2.61. The fourth-order valence-corrected chi connectivity index (χ4v) is 7.99. The van der Waals surface area contributed by atoms with Crippen molar-refractivity contribution in [1.82, 2.24) is 0 Å². The molecule has 168 valence electrons. The predicted octanol–water partition coefficient (Wildman–Crippen LogP) is 4.28. The Kier molecular flexibility index (Phi) is 4.45. The van der Waals surface area contributed by atoms with Crippen LogP contribution >= 0.6 is 0 Å². The molecule has 0 heterocycles. The van der Waals surface area contributed by atoms with E-state index < -0.39 is 17.4 Å². The Balaban J connectivity index is 1.25. The minimum Gasteiger partial charge on any atom is -0.353 e. The van der Waals surface area contributed by atoms with Crippen LogP contribution in [0.25, 0.3) is 0 Å². The summed E-state index contributed by atoms with van der Waals surface area (Å²) in [4.78, 5) is 37.8. The highest BCUT2D eigenvalue weighted by molar-refractivity contribution is 6.30. The Labute approximate surface area is 188 Å². The quantitative estimate of drug-likeness (QED) is 0.555. The second-order valence-corrected chi connectivity index (χ2v) is 10.9. The standard InChI is InChI=1S/C27H30O5/c1-26-13-12-18-17-9-7-16(28)14-15(17)6-8-19(18)22(26)10-11-23(26)32-27(31)24(29)20-4-2-3-5-21(20)25(27)30/h2-5,14,17-19,22-23,31H,6-13H2,1H3/t17-,18+,19+,22-,23-,26-/m0/s1. The van der Waals surface area contributed by atoms with Gasteiger partial charge in [-0.3, -0.25) is 14.4 Å². The predicted molar refractivity (Wildman–Crippen MR) is 117 cm³/mol. The van der Waals surface area contributed by atoms with E-state index in [1.165, 1.54) is 5.57 Å². The zero-order chi connectivity index (χ0) is 22.3. The smallest absolute Gasteiger partial charge is 0.297 e. The molecule has 5 aliphatic rings. The van der Waals surface area contributed by atoms with Crippen LogP contribution in [-0.2, 0) is 9.53 Å². The van der Waals surface area contributed by atoms with Gasteiger partial charge in [0.05, 0.1) is 6.10 Å². The SMILES string of the molecule is C[C@]12CC[C@H]3[C@@H](CCC4=CC(=O)CC[C@@H]43)[C@@H]1CC[C@@H]2OC1(O)C(=O)c2ccccc2C1=O. The number of hydrogen-bond acceptors (Lipinski definition) is 5. The Morgan fingerprint density at radius 3 is 2.34 bits per heavy atom. The average molecular weight is 435 g/mol. The number of hydrogen-bond donors (Lipinski definition) is 1. The molecule has 6 atom stereocenters. The number of aliphatic hydroxyl groups is 1. The van der Waals surface area contributed by atoms with Crippen LogP contribution in [-0.4, -0.2) is 34.3 Å². The van der Waals surface area contributed by atoms with Crippen molar-refractivity contribution >= 4 is 17.3 Å². The summed E-state index contributed by atoms with van der Waals surface area (Å²) in [7, 11) is 0. The molecule has 3 saturated carbocycles. The highest BCUT2D eigenvalue weighted by Crippen LogP contribution is 2.62. The van der Waals surface area contributed by atoms with Crippen LogP contribution in [0.5, 0.6) is 0 Å². The van der Waals surface area contributed by atoms with Gasteiger partial charge in [-0.1, -0.05) is 36.8 Å². The molecule has 0 amide bonds. The summed E-state index contributed by atoms with van der Waals surface area (Å²) in [5, 5.41) is 11.2. The summed E-state index contributed by atoms with van der Waals surface area (Å²) < 4.78 is 6.14. The second-order valence-electron chi connectivity index (χ2n) is 10.9. The molecule has 1 aromatic rings. The van der Waals surface area contributed by atoms with Crippen molar-refractivity contribution in [3.63, 3.8) is 0 Å². The van der Waals surface area contributed by atoms with Crippen LogP contribution in [0.15, 0.2) is 35.9 Å². The van der Waals surface area contributed by atoms with Crippen molar-refractivity contribution in [2.45, 2.75) is 70.2 Å². The van der Waals surface area contributed by atoms with E-state index in [2.05, 4.69) is 6.92 Å². The van der Waals surface area contributed by atoms with Crippen LogP contribution in [0.3, 0.4) is 0 Å². The molecule has 5 heteroatoms. The molecule has 32 heavy (non-hydrogen) atoms. The van der Waals surface area contributed by atoms with Gasteiger partial charge in [0.2, 0.25) is 11.6 Å². The van der Waals surface area contributed by atoms with E-state index in [0.717, 1.165) is 44.9 Å². The summed E-state index contributed by atoms with van der Waals surface area (Å²) in [6.07, 6.45) is 9.16. The monoisotopic (exact) mass is 434 g/mol. The number of carbonyl (C=O) groups is 3. The lowest BCUT2D eigenvalue weighted by Gasteiger charge is -2.54. The van der Waals surface area contributed by atoms with Gasteiger partial charge in [0.1, 0.15) is 0 Å². The van der Waals surface area contributed by atoms with Crippen molar-refractivity contribution in [1.29, 1.82) is 0 Å². The third-order valence-electron chi connectivity index (χ3n) is 9.56. The molecule has 6 rings (SSSR count). The Hall–Kier alpha value is -2.11. The molecule has 0 unspecified atom stereocenters. The number of ketones is 3. The molecule has 0 saturated heterocycles. The second kappa shape index (κ2) is 6.94. The van der Waals surface area contributed by atoms with Gasteiger partial charge in [-0.05, 0) is 80.1 Å². The summed E-state index contributed by atoms with van der Waals surface area (Å²) in [6, 6.07) is 6.58. The van der Waals surface area contributed by atoms with Crippen molar-refractivity contribution in [2.75, 3.05) is 0 Å². The van der Waals surface area contributed by atoms with Crippen molar-refractivity contribution in [3.8, 4) is 0 Å². The van der Waals surface area contributed by atoms with E-state index >= 15 is 0 Å². The molecule has 0 spiro atoms. The van der Waals surface area contributed by atoms with E-state index in [4.69, 9.17) is 4.74 Å². The van der Waals surface area contributed by atoms with Crippen molar-refractivity contribution in [2.24, 2.45) is 29.1 Å². The molecule has 0 bridgehead atoms. The fourth-order valence-electron chi connectivity index (χ4n) is 7.99. The summed E-state index contributed by atoms with van der Waals surface area (Å²) in [6.45, 7) is 2.24. The van der Waals surface area contributed by atoms with Crippen molar-refractivity contribution < 1.29 is 24.2 Å². The first-order valence-electron chi connectivity index (χ1n) is 12.1. The van der Waals surface area contributed by atoms with E-state index in [9.17, 15) is 19.5 Å². The molecule has 5 nitrogen and oxygen atoms in total. The minimum absolute atomic E-state index is 0.155. The Morgan fingerprint density at radius 1 is 0.906 bits per heavy atom. The first kappa shape index (κ1) is 20.5. The van der Waals surface area contributed by atoms with E-state index in [1.807, 2.05) is 6.08 Å². The molecule has 0 radical (unpaired) electrons. The first-order valence-corrected chi connectivity index (χ1v) is 12.1. The number of fused-ring (bicyclic) bond motifs is 6. The third-order valence-corrected chi connectivity index (χ3v) is 9.56. The zero-order valence-electron chi connectivity index (χ0n) is 18.5. The maximum atomic E-state index is 13.0. The van der Waals surface area contributed by atoms with Gasteiger partial charge in [-0.2, -0.15) is 0 Å². The van der Waals surface area contributed by atoms with Crippen LogP contribution in [0.4, 0.5) is 0 Å².